The highest BCUT2D eigenvalue weighted by atomic mass is 28.5. The Balaban J connectivity index is 1.80. The molecule has 202 valence electrons. The van der Waals surface area contributed by atoms with Crippen LogP contribution in [0.1, 0.15) is 0 Å². The molecule has 0 saturated heterocycles. The zero-order valence-corrected chi connectivity index (χ0v) is 26.1. The van der Waals surface area contributed by atoms with E-state index in [1.165, 1.54) is 0 Å². The Kier molecular flexibility index (Phi) is 8.73. The van der Waals surface area contributed by atoms with Gasteiger partial charge < -0.3 is 8.23 Å². The lowest BCUT2D eigenvalue weighted by molar-refractivity contribution is 0.427. The average Bonchev–Trinajstić information content (AvgIpc) is 3.07. The van der Waals surface area contributed by atoms with Gasteiger partial charge in [0.15, 0.2) is 0 Å². The molecule has 0 bridgehead atoms. The first-order chi connectivity index (χ1) is 20.1. The highest BCUT2D eigenvalue weighted by Gasteiger charge is 2.53. The van der Waals surface area contributed by atoms with Gasteiger partial charge in [-0.25, -0.2) is 0 Å². The number of rotatable bonds is 12. The molecule has 5 heteroatoms. The molecule has 0 aromatic heterocycles. The van der Waals surface area contributed by atoms with E-state index in [0.717, 1.165) is 25.9 Å². The minimum Gasteiger partial charge on any atom is -0.419 e. The lowest BCUT2D eigenvalue weighted by Crippen LogP contribution is -2.74. The molecule has 0 spiro atoms. The molecule has 5 aromatic carbocycles. The lowest BCUT2D eigenvalue weighted by atomic mass is 10.4. The summed E-state index contributed by atoms with van der Waals surface area (Å²) in [5.74, 6) is 0. The monoisotopic (exact) mass is 582 g/mol. The van der Waals surface area contributed by atoms with Gasteiger partial charge in [0.05, 0.1) is 0 Å². The first-order valence-corrected chi connectivity index (χ1v) is 19.6. The minimum atomic E-state index is -3.44. The van der Waals surface area contributed by atoms with Crippen LogP contribution in [0, 0.1) is 0 Å². The highest BCUT2D eigenvalue weighted by molar-refractivity contribution is 7.12. The summed E-state index contributed by atoms with van der Waals surface area (Å²) in [5, 5.41) is 5.40. The van der Waals surface area contributed by atoms with Crippen molar-refractivity contribution in [1.29, 1.82) is 0 Å². The maximum absolute atomic E-state index is 7.69. The van der Waals surface area contributed by atoms with Gasteiger partial charge in [0.1, 0.15) is 0 Å². The second-order valence-corrected chi connectivity index (χ2v) is 19.8. The third kappa shape index (κ3) is 5.46. The normalized spacial score (nSPS) is 11.9. The average molecular weight is 583 g/mol. The molecule has 0 heterocycles. The van der Waals surface area contributed by atoms with Crippen molar-refractivity contribution in [2.75, 3.05) is 0 Å². The van der Waals surface area contributed by atoms with Gasteiger partial charge in [-0.05, 0) is 31.6 Å². The fraction of sp³-hybridized carbons (Fsp3) is 0. The Morgan fingerprint density at radius 3 is 0.805 bits per heavy atom. The van der Waals surface area contributed by atoms with Gasteiger partial charge in [-0.2, -0.15) is 0 Å². The molecule has 5 aromatic rings. The Labute approximate surface area is 247 Å². The Morgan fingerprint density at radius 1 is 0.341 bits per heavy atom. The largest absolute Gasteiger partial charge is 0.419 e. The van der Waals surface area contributed by atoms with Gasteiger partial charge in [-0.3, -0.25) is 0 Å². The van der Waals surface area contributed by atoms with Crippen molar-refractivity contribution in [2.45, 2.75) is 0 Å². The van der Waals surface area contributed by atoms with Gasteiger partial charge >= 0.3 is 8.56 Å². The zero-order valence-electron chi connectivity index (χ0n) is 23.1. The van der Waals surface area contributed by atoms with Crippen molar-refractivity contribution < 1.29 is 8.23 Å². The number of hydrogen-bond acceptors (Lipinski definition) is 2. The molecular weight excluding hydrogens is 549 g/mol. The van der Waals surface area contributed by atoms with Crippen molar-refractivity contribution in [1.82, 2.24) is 0 Å². The second kappa shape index (κ2) is 12.6. The zero-order chi connectivity index (χ0) is 28.6. The van der Waals surface area contributed by atoms with E-state index < -0.39 is 25.2 Å². The van der Waals surface area contributed by atoms with Crippen molar-refractivity contribution in [3.63, 3.8) is 0 Å². The summed E-state index contributed by atoms with van der Waals surface area (Å²) >= 11 is 0. The van der Waals surface area contributed by atoms with Gasteiger partial charge in [0, 0.05) is 0 Å². The summed E-state index contributed by atoms with van der Waals surface area (Å²) in [7, 11) is -9.56. The quantitative estimate of drug-likeness (QED) is 0.192. The summed E-state index contributed by atoms with van der Waals surface area (Å²) in [6, 6.07) is 52.0. The first-order valence-electron chi connectivity index (χ1n) is 13.7. The van der Waals surface area contributed by atoms with E-state index in [1.807, 2.05) is 59.6 Å². The Bertz CT molecular complexity index is 1400. The molecule has 5 rings (SSSR count). The maximum Gasteiger partial charge on any atom is 0.379 e. The van der Waals surface area contributed by atoms with E-state index in [9.17, 15) is 0 Å². The van der Waals surface area contributed by atoms with Crippen molar-refractivity contribution in [3.05, 3.63) is 188 Å². The first kappa shape index (κ1) is 28.4. The van der Waals surface area contributed by atoms with Gasteiger partial charge in [0.2, 0.25) is 0 Å². The minimum absolute atomic E-state index is 0.992. The molecule has 0 amide bonds. The SMILES string of the molecule is C=C[Si](O[Si](C=C)(c1ccccc1)c1ccccc1)(O[Si](C=C)(c1ccccc1)c1ccccc1)c1ccccc1. The number of benzene rings is 5. The molecule has 0 atom stereocenters. The van der Waals surface area contributed by atoms with Crippen LogP contribution in [0.2, 0.25) is 0 Å². The summed E-state index contributed by atoms with van der Waals surface area (Å²) < 4.78 is 15.4. The molecule has 0 aliphatic carbocycles. The standard InChI is InChI=1S/C36H34O2Si3/c1-4-39(32-22-12-7-13-23-32,33-24-14-8-15-25-33)37-41(6-3,36-30-20-11-21-31-36)38-40(5-2,34-26-16-9-17-27-34)35-28-18-10-19-29-35/h4-31H,1-3H2. The van der Waals surface area contributed by atoms with Gasteiger partial charge in [-0.15, -0.1) is 19.7 Å². The summed E-state index contributed by atoms with van der Waals surface area (Å²) in [4.78, 5) is 0. The third-order valence-corrected chi connectivity index (χ3v) is 20.0. The summed E-state index contributed by atoms with van der Waals surface area (Å²) in [6.45, 7) is 13.2. The van der Waals surface area contributed by atoms with Gasteiger partial charge in [0.25, 0.3) is 16.6 Å². The second-order valence-electron chi connectivity index (χ2n) is 9.79. The third-order valence-electron chi connectivity index (χ3n) is 7.46. The molecule has 0 unspecified atom stereocenters. The van der Waals surface area contributed by atoms with Crippen LogP contribution in [0.25, 0.3) is 0 Å². The van der Waals surface area contributed by atoms with E-state index in [0.29, 0.717) is 0 Å². The van der Waals surface area contributed by atoms with Crippen LogP contribution >= 0.6 is 0 Å². The van der Waals surface area contributed by atoms with Crippen molar-refractivity contribution >= 4 is 51.1 Å². The van der Waals surface area contributed by atoms with Gasteiger partial charge in [-0.1, -0.05) is 163 Å². The van der Waals surface area contributed by atoms with Crippen LogP contribution in [0.15, 0.2) is 188 Å². The van der Waals surface area contributed by atoms with E-state index in [1.54, 1.807) is 0 Å². The topological polar surface area (TPSA) is 18.5 Å². The molecule has 0 aliphatic heterocycles. The fourth-order valence-electron chi connectivity index (χ4n) is 5.36. The molecule has 0 fully saturated rings. The molecule has 0 aliphatic rings. The van der Waals surface area contributed by atoms with E-state index in [-0.39, 0.29) is 0 Å². The van der Waals surface area contributed by atoms with Crippen molar-refractivity contribution in [3.8, 4) is 0 Å². The van der Waals surface area contributed by atoms with Crippen LogP contribution in [0.5, 0.6) is 0 Å². The molecule has 0 radical (unpaired) electrons. The van der Waals surface area contributed by atoms with Crippen molar-refractivity contribution in [2.24, 2.45) is 0 Å². The predicted molar refractivity (Wildman–Crippen MR) is 180 cm³/mol. The summed E-state index contributed by atoms with van der Waals surface area (Å²) in [5.41, 5.74) is 5.99. The molecular formula is C36H34O2Si3. The lowest BCUT2D eigenvalue weighted by Gasteiger charge is -2.44. The van der Waals surface area contributed by atoms with Crippen LogP contribution in [0.3, 0.4) is 0 Å². The molecule has 0 saturated carbocycles. The molecule has 2 nitrogen and oxygen atoms in total. The van der Waals surface area contributed by atoms with E-state index in [2.05, 4.69) is 129 Å². The highest BCUT2D eigenvalue weighted by Crippen LogP contribution is 2.24. The van der Waals surface area contributed by atoms with Crippen LogP contribution in [0.4, 0.5) is 0 Å². The van der Waals surface area contributed by atoms with Crippen LogP contribution < -0.4 is 25.9 Å². The van der Waals surface area contributed by atoms with E-state index >= 15 is 0 Å². The van der Waals surface area contributed by atoms with Crippen LogP contribution in [-0.2, 0) is 8.23 Å². The molecule has 0 N–H and O–H groups in total. The Hall–Kier alpha value is -4.11. The maximum atomic E-state index is 7.69. The molecule has 41 heavy (non-hydrogen) atoms. The summed E-state index contributed by atoms with van der Waals surface area (Å²) in [6.07, 6.45) is 0. The fourth-order valence-corrected chi connectivity index (χ4v) is 19.1. The Morgan fingerprint density at radius 2 is 0.585 bits per heavy atom. The van der Waals surface area contributed by atoms with Crippen LogP contribution in [-0.4, -0.2) is 25.2 Å². The predicted octanol–water partition coefficient (Wildman–Crippen LogP) is 5.06. The van der Waals surface area contributed by atoms with E-state index in [4.69, 9.17) is 8.23 Å². The number of hydrogen-bond donors (Lipinski definition) is 0. The smallest absolute Gasteiger partial charge is 0.379 e.